The predicted molar refractivity (Wildman–Crippen MR) is 60.1 cm³/mol. The van der Waals surface area contributed by atoms with Crippen LogP contribution >= 0.6 is 0 Å². The lowest BCUT2D eigenvalue weighted by atomic mass is 10.0. The molecular formula is C12H22O4. The monoisotopic (exact) mass is 230 g/mol. The first-order valence-corrected chi connectivity index (χ1v) is 5.89. The van der Waals surface area contributed by atoms with Gasteiger partial charge in [-0.05, 0) is 40.0 Å². The zero-order chi connectivity index (χ0) is 12.2. The quantitative estimate of drug-likeness (QED) is 0.749. The number of carbonyl (C=O) groups excluding carboxylic acids is 1. The Morgan fingerprint density at radius 2 is 2.00 bits per heavy atom. The normalized spacial score (nSPS) is 26.5. The van der Waals surface area contributed by atoms with Crippen LogP contribution in [-0.4, -0.2) is 35.5 Å². The van der Waals surface area contributed by atoms with Crippen molar-refractivity contribution >= 4 is 5.97 Å². The van der Waals surface area contributed by atoms with Crippen LogP contribution in [0, 0.1) is 0 Å². The van der Waals surface area contributed by atoms with E-state index in [0.717, 1.165) is 19.3 Å². The van der Waals surface area contributed by atoms with Crippen LogP contribution in [0.5, 0.6) is 0 Å². The molecule has 1 fully saturated rings. The maximum atomic E-state index is 11.6. The SMILES string of the molecule is CC(C)(C)OC(=O)CC1CCCC(CO)O1. The van der Waals surface area contributed by atoms with Crippen LogP contribution in [-0.2, 0) is 14.3 Å². The van der Waals surface area contributed by atoms with Crippen molar-refractivity contribution in [1.29, 1.82) is 0 Å². The Morgan fingerprint density at radius 1 is 1.38 bits per heavy atom. The van der Waals surface area contributed by atoms with E-state index in [1.807, 2.05) is 20.8 Å². The van der Waals surface area contributed by atoms with E-state index in [0.29, 0.717) is 0 Å². The van der Waals surface area contributed by atoms with Crippen LogP contribution in [0.3, 0.4) is 0 Å². The van der Waals surface area contributed by atoms with Gasteiger partial charge in [0.1, 0.15) is 5.60 Å². The molecule has 4 heteroatoms. The fourth-order valence-corrected chi connectivity index (χ4v) is 1.84. The van der Waals surface area contributed by atoms with Gasteiger partial charge in [-0.15, -0.1) is 0 Å². The Labute approximate surface area is 96.9 Å². The van der Waals surface area contributed by atoms with Crippen LogP contribution < -0.4 is 0 Å². The molecule has 0 aromatic carbocycles. The Bertz CT molecular complexity index is 232. The standard InChI is InChI=1S/C12H22O4/c1-12(2,3)16-11(14)7-9-5-4-6-10(8-13)15-9/h9-10,13H,4-8H2,1-3H3. The lowest BCUT2D eigenvalue weighted by Crippen LogP contribution is -2.33. The highest BCUT2D eigenvalue weighted by atomic mass is 16.6. The summed E-state index contributed by atoms with van der Waals surface area (Å²) in [5.41, 5.74) is -0.442. The number of ether oxygens (including phenoxy) is 2. The molecule has 0 aromatic heterocycles. The number of aliphatic hydroxyl groups excluding tert-OH is 1. The molecule has 1 N–H and O–H groups in total. The summed E-state index contributed by atoms with van der Waals surface area (Å²) in [5.74, 6) is -0.226. The zero-order valence-electron chi connectivity index (χ0n) is 10.4. The fourth-order valence-electron chi connectivity index (χ4n) is 1.84. The van der Waals surface area contributed by atoms with E-state index < -0.39 is 5.60 Å². The number of carbonyl (C=O) groups is 1. The van der Waals surface area contributed by atoms with Crippen molar-refractivity contribution in [3.05, 3.63) is 0 Å². The highest BCUT2D eigenvalue weighted by Crippen LogP contribution is 2.22. The molecule has 0 spiro atoms. The molecule has 0 radical (unpaired) electrons. The first-order chi connectivity index (χ1) is 7.40. The third-order valence-corrected chi connectivity index (χ3v) is 2.46. The van der Waals surface area contributed by atoms with E-state index in [9.17, 15) is 4.79 Å². The molecule has 1 rings (SSSR count). The summed E-state index contributed by atoms with van der Waals surface area (Å²) in [7, 11) is 0. The molecule has 4 nitrogen and oxygen atoms in total. The minimum absolute atomic E-state index is 0.0326. The lowest BCUT2D eigenvalue weighted by molar-refractivity contribution is -0.161. The first kappa shape index (κ1) is 13.5. The molecule has 1 saturated heterocycles. The van der Waals surface area contributed by atoms with Gasteiger partial charge in [0.25, 0.3) is 0 Å². The molecule has 16 heavy (non-hydrogen) atoms. The molecule has 0 bridgehead atoms. The van der Waals surface area contributed by atoms with Gasteiger partial charge in [-0.25, -0.2) is 0 Å². The van der Waals surface area contributed by atoms with Crippen molar-refractivity contribution in [3.63, 3.8) is 0 Å². The second-order valence-electron chi connectivity index (χ2n) is 5.28. The number of aliphatic hydroxyl groups is 1. The van der Waals surface area contributed by atoms with Gasteiger partial charge in [0.05, 0.1) is 25.2 Å². The highest BCUT2D eigenvalue weighted by Gasteiger charge is 2.26. The van der Waals surface area contributed by atoms with Gasteiger partial charge in [-0.1, -0.05) is 0 Å². The Kier molecular flexibility index (Phi) is 4.74. The lowest BCUT2D eigenvalue weighted by Gasteiger charge is -2.29. The van der Waals surface area contributed by atoms with Gasteiger partial charge in [0.15, 0.2) is 0 Å². The minimum atomic E-state index is -0.442. The number of hydrogen-bond acceptors (Lipinski definition) is 4. The smallest absolute Gasteiger partial charge is 0.308 e. The largest absolute Gasteiger partial charge is 0.460 e. The molecular weight excluding hydrogens is 208 g/mol. The van der Waals surface area contributed by atoms with Crippen molar-refractivity contribution in [2.45, 2.75) is 64.3 Å². The van der Waals surface area contributed by atoms with E-state index in [1.54, 1.807) is 0 Å². The zero-order valence-corrected chi connectivity index (χ0v) is 10.4. The van der Waals surface area contributed by atoms with Gasteiger partial charge in [-0.3, -0.25) is 4.79 Å². The number of hydrogen-bond donors (Lipinski definition) is 1. The molecule has 1 heterocycles. The second kappa shape index (κ2) is 5.64. The predicted octanol–water partition coefficient (Wildman–Crippen LogP) is 1.65. The van der Waals surface area contributed by atoms with E-state index in [2.05, 4.69) is 0 Å². The van der Waals surface area contributed by atoms with Gasteiger partial charge in [0.2, 0.25) is 0 Å². The third-order valence-electron chi connectivity index (χ3n) is 2.46. The summed E-state index contributed by atoms with van der Waals surface area (Å²) < 4.78 is 10.8. The molecule has 1 aliphatic rings. The molecule has 94 valence electrons. The summed E-state index contributed by atoms with van der Waals surface area (Å²) >= 11 is 0. The van der Waals surface area contributed by atoms with Crippen molar-refractivity contribution in [2.75, 3.05) is 6.61 Å². The Hall–Kier alpha value is -0.610. The van der Waals surface area contributed by atoms with E-state index in [1.165, 1.54) is 0 Å². The molecule has 0 saturated carbocycles. The average molecular weight is 230 g/mol. The maximum absolute atomic E-state index is 11.6. The summed E-state index contributed by atoms with van der Waals surface area (Å²) in [4.78, 5) is 11.6. The van der Waals surface area contributed by atoms with Crippen molar-refractivity contribution in [3.8, 4) is 0 Å². The average Bonchev–Trinajstić information content (AvgIpc) is 2.15. The summed E-state index contributed by atoms with van der Waals surface area (Å²) in [6.45, 7) is 5.58. The van der Waals surface area contributed by atoms with Gasteiger partial charge < -0.3 is 14.6 Å². The third kappa shape index (κ3) is 4.94. The number of rotatable bonds is 3. The number of esters is 1. The molecule has 0 amide bonds. The molecule has 0 aromatic rings. The van der Waals surface area contributed by atoms with Crippen molar-refractivity contribution in [2.24, 2.45) is 0 Å². The van der Waals surface area contributed by atoms with Crippen molar-refractivity contribution in [1.82, 2.24) is 0 Å². The highest BCUT2D eigenvalue weighted by molar-refractivity contribution is 5.70. The summed E-state index contributed by atoms with van der Waals surface area (Å²) in [6, 6.07) is 0. The van der Waals surface area contributed by atoms with Crippen LogP contribution in [0.4, 0.5) is 0 Å². The van der Waals surface area contributed by atoms with Crippen LogP contribution in [0.1, 0.15) is 46.5 Å². The van der Waals surface area contributed by atoms with Crippen LogP contribution in [0.15, 0.2) is 0 Å². The molecule has 2 unspecified atom stereocenters. The van der Waals surface area contributed by atoms with Crippen LogP contribution in [0.25, 0.3) is 0 Å². The molecule has 0 aliphatic carbocycles. The van der Waals surface area contributed by atoms with Crippen LogP contribution in [0.2, 0.25) is 0 Å². The fraction of sp³-hybridized carbons (Fsp3) is 0.917. The topological polar surface area (TPSA) is 55.8 Å². The van der Waals surface area contributed by atoms with E-state index in [4.69, 9.17) is 14.6 Å². The van der Waals surface area contributed by atoms with Gasteiger partial charge >= 0.3 is 5.97 Å². The van der Waals surface area contributed by atoms with E-state index >= 15 is 0 Å². The molecule has 2 atom stereocenters. The summed E-state index contributed by atoms with van der Waals surface area (Å²) in [5, 5.41) is 8.99. The Morgan fingerprint density at radius 3 is 2.56 bits per heavy atom. The van der Waals surface area contributed by atoms with Gasteiger partial charge in [-0.2, -0.15) is 0 Å². The molecule has 1 aliphatic heterocycles. The van der Waals surface area contributed by atoms with Crippen molar-refractivity contribution < 1.29 is 19.4 Å². The van der Waals surface area contributed by atoms with Gasteiger partial charge in [0, 0.05) is 0 Å². The second-order valence-corrected chi connectivity index (χ2v) is 5.28. The minimum Gasteiger partial charge on any atom is -0.460 e. The van der Waals surface area contributed by atoms with E-state index in [-0.39, 0.29) is 31.2 Å². The first-order valence-electron chi connectivity index (χ1n) is 5.89. The Balaban J connectivity index is 2.33. The summed E-state index contributed by atoms with van der Waals surface area (Å²) in [6.07, 6.45) is 2.82. The maximum Gasteiger partial charge on any atom is 0.308 e.